The average Bonchev–Trinajstić information content (AvgIpc) is 2.47. The summed E-state index contributed by atoms with van der Waals surface area (Å²) in [5.74, 6) is 1.46. The molecular weight excluding hydrogens is 284 g/mol. The van der Waals surface area contributed by atoms with Crippen molar-refractivity contribution in [2.75, 3.05) is 12.3 Å². The third-order valence-corrected chi connectivity index (χ3v) is 5.48. The summed E-state index contributed by atoms with van der Waals surface area (Å²) >= 11 is 5.93. The van der Waals surface area contributed by atoms with Gasteiger partial charge in [0.05, 0.1) is 5.56 Å². The second-order valence-electron chi connectivity index (χ2n) is 6.51. The van der Waals surface area contributed by atoms with Crippen molar-refractivity contribution in [3.8, 4) is 0 Å². The Hall–Kier alpha value is -1.22. The van der Waals surface area contributed by atoms with Crippen molar-refractivity contribution in [1.82, 2.24) is 4.90 Å². The highest BCUT2D eigenvalue weighted by Gasteiger charge is 2.39. The Balaban J connectivity index is 1.86. The molecule has 0 bridgehead atoms. The number of nitrogen functional groups attached to an aromatic ring is 1. The molecule has 1 aliphatic heterocycles. The Kier molecular flexibility index (Phi) is 4.12. The van der Waals surface area contributed by atoms with Gasteiger partial charge in [0.1, 0.15) is 0 Å². The highest BCUT2D eigenvalue weighted by atomic mass is 35.5. The van der Waals surface area contributed by atoms with Crippen molar-refractivity contribution in [3.63, 3.8) is 0 Å². The predicted octanol–water partition coefficient (Wildman–Crippen LogP) is 3.96. The fraction of sp³-hybridized carbons (Fsp3) is 0.588. The lowest BCUT2D eigenvalue weighted by Crippen LogP contribution is -2.52. The summed E-state index contributed by atoms with van der Waals surface area (Å²) in [6, 6.07) is 5.57. The van der Waals surface area contributed by atoms with Crippen molar-refractivity contribution in [3.05, 3.63) is 28.8 Å². The minimum absolute atomic E-state index is 0.0768. The van der Waals surface area contributed by atoms with E-state index in [2.05, 4.69) is 11.8 Å². The smallest absolute Gasteiger partial charge is 0.256 e. The quantitative estimate of drug-likeness (QED) is 0.798. The molecular formula is C17H23ClN2O. The van der Waals surface area contributed by atoms with E-state index >= 15 is 0 Å². The monoisotopic (exact) mass is 306 g/mol. The molecule has 3 rings (SSSR count). The molecule has 1 saturated carbocycles. The van der Waals surface area contributed by atoms with Gasteiger partial charge in [0.25, 0.3) is 5.91 Å². The molecule has 0 spiro atoms. The molecule has 0 radical (unpaired) electrons. The molecule has 1 aromatic carbocycles. The molecule has 1 aliphatic carbocycles. The summed E-state index contributed by atoms with van der Waals surface area (Å²) < 4.78 is 0. The molecule has 0 aromatic heterocycles. The number of likely N-dealkylation sites (tertiary alicyclic amines) is 1. The topological polar surface area (TPSA) is 46.3 Å². The van der Waals surface area contributed by atoms with Gasteiger partial charge < -0.3 is 10.6 Å². The number of halogens is 1. The van der Waals surface area contributed by atoms with Crippen LogP contribution in [-0.4, -0.2) is 23.4 Å². The normalized spacial score (nSPS) is 29.0. The van der Waals surface area contributed by atoms with E-state index in [1.54, 1.807) is 18.2 Å². The molecule has 1 amide bonds. The summed E-state index contributed by atoms with van der Waals surface area (Å²) in [7, 11) is 0. The van der Waals surface area contributed by atoms with Crippen molar-refractivity contribution < 1.29 is 4.79 Å². The fourth-order valence-corrected chi connectivity index (χ4v) is 4.23. The van der Waals surface area contributed by atoms with E-state index in [9.17, 15) is 4.79 Å². The lowest BCUT2D eigenvalue weighted by molar-refractivity contribution is 0.0218. The van der Waals surface area contributed by atoms with E-state index in [0.717, 1.165) is 25.3 Å². The zero-order valence-corrected chi connectivity index (χ0v) is 13.3. The predicted molar refractivity (Wildman–Crippen MR) is 86.4 cm³/mol. The largest absolute Gasteiger partial charge is 0.398 e. The van der Waals surface area contributed by atoms with Gasteiger partial charge in [-0.15, -0.1) is 0 Å². The molecule has 3 unspecified atom stereocenters. The first-order valence-corrected chi connectivity index (χ1v) is 8.31. The molecule has 2 fully saturated rings. The summed E-state index contributed by atoms with van der Waals surface area (Å²) in [6.07, 6.45) is 6.02. The van der Waals surface area contributed by atoms with E-state index in [1.807, 2.05) is 0 Å². The molecule has 3 atom stereocenters. The first-order chi connectivity index (χ1) is 10.1. The number of benzene rings is 1. The maximum Gasteiger partial charge on any atom is 0.256 e. The highest BCUT2D eigenvalue weighted by molar-refractivity contribution is 6.31. The van der Waals surface area contributed by atoms with Gasteiger partial charge in [0.15, 0.2) is 0 Å². The van der Waals surface area contributed by atoms with Crippen LogP contribution in [0.1, 0.15) is 49.4 Å². The molecule has 1 aromatic rings. The zero-order valence-electron chi connectivity index (χ0n) is 12.5. The third kappa shape index (κ3) is 2.76. The van der Waals surface area contributed by atoms with Gasteiger partial charge in [-0.25, -0.2) is 0 Å². The van der Waals surface area contributed by atoms with Crippen molar-refractivity contribution in [1.29, 1.82) is 0 Å². The highest BCUT2D eigenvalue weighted by Crippen LogP contribution is 2.39. The van der Waals surface area contributed by atoms with Crippen LogP contribution in [0, 0.1) is 11.8 Å². The minimum Gasteiger partial charge on any atom is -0.398 e. The number of piperidine rings is 1. The van der Waals surface area contributed by atoms with Crippen LogP contribution < -0.4 is 5.73 Å². The van der Waals surface area contributed by atoms with Crippen LogP contribution in [0.25, 0.3) is 0 Å². The zero-order chi connectivity index (χ0) is 15.0. The molecule has 1 heterocycles. The minimum atomic E-state index is 0.0768. The standard InChI is InChI=1S/C17H23ClN2O/c1-11-8-9-20(16-5-3-2-4-13(11)16)17(21)14-7-6-12(18)10-15(14)19/h6-7,10-11,13,16H,2-5,8-9,19H2,1H3. The number of carbonyl (C=O) groups excluding carboxylic acids is 1. The summed E-state index contributed by atoms with van der Waals surface area (Å²) in [5.41, 5.74) is 7.07. The number of hydrogen-bond donors (Lipinski definition) is 1. The lowest BCUT2D eigenvalue weighted by Gasteiger charge is -2.47. The van der Waals surface area contributed by atoms with Crippen LogP contribution >= 0.6 is 11.6 Å². The number of fused-ring (bicyclic) bond motifs is 1. The average molecular weight is 307 g/mol. The van der Waals surface area contributed by atoms with Crippen molar-refractivity contribution >= 4 is 23.2 Å². The molecule has 4 heteroatoms. The van der Waals surface area contributed by atoms with E-state index in [4.69, 9.17) is 17.3 Å². The maximum atomic E-state index is 12.9. The number of rotatable bonds is 1. The SMILES string of the molecule is CC1CCN(C(=O)c2ccc(Cl)cc2N)C2CCCCC12. The molecule has 2 N–H and O–H groups in total. The second-order valence-corrected chi connectivity index (χ2v) is 6.95. The van der Waals surface area contributed by atoms with Crippen LogP contribution in [-0.2, 0) is 0 Å². The van der Waals surface area contributed by atoms with E-state index in [1.165, 1.54) is 19.3 Å². The van der Waals surface area contributed by atoms with Gasteiger partial charge in [-0.2, -0.15) is 0 Å². The van der Waals surface area contributed by atoms with Crippen molar-refractivity contribution in [2.24, 2.45) is 11.8 Å². The van der Waals surface area contributed by atoms with E-state index in [-0.39, 0.29) is 5.91 Å². The molecule has 1 saturated heterocycles. The van der Waals surface area contributed by atoms with Crippen LogP contribution in [0.15, 0.2) is 18.2 Å². The second kappa shape index (κ2) is 5.88. The Morgan fingerprint density at radius 3 is 2.81 bits per heavy atom. The lowest BCUT2D eigenvalue weighted by atomic mass is 9.72. The van der Waals surface area contributed by atoms with Crippen molar-refractivity contribution in [2.45, 2.75) is 45.1 Å². The Bertz CT molecular complexity index is 546. The van der Waals surface area contributed by atoms with Gasteiger partial charge >= 0.3 is 0 Å². The molecule has 2 aliphatic rings. The number of amides is 1. The van der Waals surface area contributed by atoms with Crippen LogP contribution in [0.4, 0.5) is 5.69 Å². The van der Waals surface area contributed by atoms with Crippen LogP contribution in [0.5, 0.6) is 0 Å². The van der Waals surface area contributed by atoms with Gasteiger partial charge in [0.2, 0.25) is 0 Å². The Morgan fingerprint density at radius 2 is 2.05 bits per heavy atom. The van der Waals surface area contributed by atoms with E-state index < -0.39 is 0 Å². The summed E-state index contributed by atoms with van der Waals surface area (Å²) in [5, 5.41) is 0.576. The Labute approximate surface area is 131 Å². The van der Waals surface area contributed by atoms with Crippen LogP contribution in [0.3, 0.4) is 0 Å². The number of nitrogens with two attached hydrogens (primary N) is 1. The van der Waals surface area contributed by atoms with Gasteiger partial charge in [-0.05, 0) is 49.3 Å². The number of hydrogen-bond acceptors (Lipinski definition) is 2. The van der Waals surface area contributed by atoms with Crippen LogP contribution in [0.2, 0.25) is 5.02 Å². The van der Waals surface area contributed by atoms with E-state index in [0.29, 0.717) is 28.2 Å². The van der Waals surface area contributed by atoms with Gasteiger partial charge in [-0.3, -0.25) is 4.79 Å². The maximum absolute atomic E-state index is 12.9. The summed E-state index contributed by atoms with van der Waals surface area (Å²) in [6.45, 7) is 3.19. The third-order valence-electron chi connectivity index (χ3n) is 5.24. The van der Waals surface area contributed by atoms with Gasteiger partial charge in [0, 0.05) is 23.3 Å². The molecule has 114 valence electrons. The Morgan fingerprint density at radius 1 is 1.29 bits per heavy atom. The number of anilines is 1. The van der Waals surface area contributed by atoms with Gasteiger partial charge in [-0.1, -0.05) is 31.4 Å². The number of carbonyl (C=O) groups is 1. The number of nitrogens with zero attached hydrogens (tertiary/aromatic N) is 1. The summed E-state index contributed by atoms with van der Waals surface area (Å²) in [4.78, 5) is 15.0. The fourth-order valence-electron chi connectivity index (χ4n) is 4.05. The molecule has 3 nitrogen and oxygen atoms in total. The first-order valence-electron chi connectivity index (χ1n) is 7.94. The first kappa shape index (κ1) is 14.7. The molecule has 21 heavy (non-hydrogen) atoms.